The van der Waals surface area contributed by atoms with E-state index in [4.69, 9.17) is 0 Å². The summed E-state index contributed by atoms with van der Waals surface area (Å²) in [6.07, 6.45) is 1.66. The van der Waals surface area contributed by atoms with Crippen LogP contribution in [0.3, 0.4) is 0 Å². The van der Waals surface area contributed by atoms with Crippen LogP contribution in [0, 0.1) is 10.1 Å². The van der Waals surface area contributed by atoms with Gasteiger partial charge in [-0.2, -0.15) is 0 Å². The molecule has 1 heterocycles. The molecule has 1 aromatic carbocycles. The molecule has 0 aliphatic heterocycles. The molecule has 2 aromatic rings. The molecule has 0 atom stereocenters. The van der Waals surface area contributed by atoms with Gasteiger partial charge < -0.3 is 10.4 Å². The van der Waals surface area contributed by atoms with E-state index in [0.29, 0.717) is 12.4 Å². The Bertz CT molecular complexity index is 558. The van der Waals surface area contributed by atoms with Gasteiger partial charge in [0.2, 0.25) is 0 Å². The van der Waals surface area contributed by atoms with Gasteiger partial charge in [-0.05, 0) is 23.8 Å². The Balaban J connectivity index is 2.07. The first kappa shape index (κ1) is 11.8. The van der Waals surface area contributed by atoms with Crippen molar-refractivity contribution in [2.75, 3.05) is 5.32 Å². The lowest BCUT2D eigenvalue weighted by molar-refractivity contribution is -0.385. The molecule has 2 N–H and O–H groups in total. The molecule has 92 valence electrons. The maximum atomic E-state index is 10.5. The number of hydrogen-bond donors (Lipinski definition) is 2. The summed E-state index contributed by atoms with van der Waals surface area (Å²) in [4.78, 5) is 14.0. The highest BCUT2D eigenvalue weighted by atomic mass is 16.6. The second-order valence-electron chi connectivity index (χ2n) is 3.65. The highest BCUT2D eigenvalue weighted by Crippen LogP contribution is 2.26. The average molecular weight is 245 g/mol. The van der Waals surface area contributed by atoms with Crippen LogP contribution >= 0.6 is 0 Å². The van der Waals surface area contributed by atoms with Crippen LogP contribution < -0.4 is 5.32 Å². The summed E-state index contributed by atoms with van der Waals surface area (Å²) in [5, 5.41) is 23.1. The summed E-state index contributed by atoms with van der Waals surface area (Å²) in [6.45, 7) is 0.433. The smallest absolute Gasteiger partial charge is 0.310 e. The molecule has 0 saturated heterocycles. The van der Waals surface area contributed by atoms with Gasteiger partial charge in [-0.15, -0.1) is 0 Å². The van der Waals surface area contributed by atoms with Crippen molar-refractivity contribution in [3.8, 4) is 5.75 Å². The number of nitro benzene ring substituents is 1. The van der Waals surface area contributed by atoms with E-state index < -0.39 is 4.92 Å². The zero-order chi connectivity index (χ0) is 13.0. The lowest BCUT2D eigenvalue weighted by Gasteiger charge is -2.05. The fraction of sp³-hybridized carbons (Fsp3) is 0.0833. The second kappa shape index (κ2) is 5.13. The third kappa shape index (κ3) is 2.73. The van der Waals surface area contributed by atoms with Crippen molar-refractivity contribution in [2.45, 2.75) is 6.54 Å². The molecule has 18 heavy (non-hydrogen) atoms. The Labute approximate surface area is 103 Å². The summed E-state index contributed by atoms with van der Waals surface area (Å²) in [7, 11) is 0. The lowest BCUT2D eigenvalue weighted by Crippen LogP contribution is -2.01. The molecular formula is C12H11N3O3. The minimum Gasteiger partial charge on any atom is -0.502 e. The lowest BCUT2D eigenvalue weighted by atomic mass is 10.2. The average Bonchev–Trinajstić information content (AvgIpc) is 2.37. The van der Waals surface area contributed by atoms with Gasteiger partial charge >= 0.3 is 5.69 Å². The molecule has 0 saturated carbocycles. The van der Waals surface area contributed by atoms with Gasteiger partial charge in [0.15, 0.2) is 5.75 Å². The standard InChI is InChI=1S/C12H11N3O3/c16-11-7-9(4-5-10(11)15(17)18)8-14-12-3-1-2-6-13-12/h1-7,16H,8H2,(H,13,14). The molecule has 0 aliphatic carbocycles. The Kier molecular flexibility index (Phi) is 3.38. The Morgan fingerprint density at radius 3 is 2.78 bits per heavy atom. The molecule has 6 nitrogen and oxygen atoms in total. The summed E-state index contributed by atoms with van der Waals surface area (Å²) in [5.41, 5.74) is 0.445. The van der Waals surface area contributed by atoms with E-state index in [1.807, 2.05) is 18.2 Å². The van der Waals surface area contributed by atoms with Gasteiger partial charge in [-0.25, -0.2) is 4.98 Å². The predicted molar refractivity (Wildman–Crippen MR) is 66.3 cm³/mol. The van der Waals surface area contributed by atoms with Crippen molar-refractivity contribution < 1.29 is 10.0 Å². The zero-order valence-corrected chi connectivity index (χ0v) is 9.41. The first-order valence-electron chi connectivity index (χ1n) is 5.28. The van der Waals surface area contributed by atoms with Crippen LogP contribution in [0.5, 0.6) is 5.75 Å². The number of nitrogens with zero attached hydrogens (tertiary/aromatic N) is 2. The maximum Gasteiger partial charge on any atom is 0.310 e. The van der Waals surface area contributed by atoms with Crippen LogP contribution in [0.25, 0.3) is 0 Å². The number of phenolic OH excluding ortho intramolecular Hbond substituents is 1. The number of hydrogen-bond acceptors (Lipinski definition) is 5. The number of pyridine rings is 1. The molecule has 0 aliphatic rings. The van der Waals surface area contributed by atoms with Crippen LogP contribution in [-0.2, 0) is 6.54 Å². The molecule has 1 aromatic heterocycles. The molecule has 0 bridgehead atoms. The SMILES string of the molecule is O=[N+]([O-])c1ccc(CNc2ccccn2)cc1O. The van der Waals surface area contributed by atoms with Crippen molar-refractivity contribution in [2.24, 2.45) is 0 Å². The van der Waals surface area contributed by atoms with Gasteiger partial charge in [0.05, 0.1) is 4.92 Å². The monoisotopic (exact) mass is 245 g/mol. The number of benzene rings is 1. The third-order valence-electron chi connectivity index (χ3n) is 2.38. The summed E-state index contributed by atoms with van der Waals surface area (Å²) < 4.78 is 0. The van der Waals surface area contributed by atoms with Gasteiger partial charge in [0.1, 0.15) is 5.82 Å². The topological polar surface area (TPSA) is 88.3 Å². The minimum absolute atomic E-state index is 0.295. The van der Waals surface area contributed by atoms with E-state index in [1.54, 1.807) is 12.3 Å². The number of nitrogens with one attached hydrogen (secondary N) is 1. The summed E-state index contributed by atoms with van der Waals surface area (Å²) >= 11 is 0. The summed E-state index contributed by atoms with van der Waals surface area (Å²) in [5.74, 6) is 0.371. The molecule has 0 radical (unpaired) electrons. The van der Waals surface area contributed by atoms with E-state index in [0.717, 1.165) is 5.56 Å². The molecule has 0 unspecified atom stereocenters. The first-order valence-corrected chi connectivity index (χ1v) is 5.28. The van der Waals surface area contributed by atoms with Crippen LogP contribution in [-0.4, -0.2) is 15.0 Å². The molecular weight excluding hydrogens is 234 g/mol. The number of anilines is 1. The van der Waals surface area contributed by atoms with E-state index in [1.165, 1.54) is 12.1 Å². The highest BCUT2D eigenvalue weighted by Gasteiger charge is 2.12. The largest absolute Gasteiger partial charge is 0.502 e. The first-order chi connectivity index (χ1) is 8.66. The van der Waals surface area contributed by atoms with Gasteiger partial charge in [0.25, 0.3) is 0 Å². The van der Waals surface area contributed by atoms with E-state index >= 15 is 0 Å². The number of nitro groups is 1. The van der Waals surface area contributed by atoms with Crippen LogP contribution in [0.1, 0.15) is 5.56 Å². The van der Waals surface area contributed by atoms with Crippen molar-refractivity contribution in [1.82, 2.24) is 4.98 Å². The van der Waals surface area contributed by atoms with Gasteiger partial charge in [-0.1, -0.05) is 12.1 Å². The van der Waals surface area contributed by atoms with Crippen molar-refractivity contribution in [1.29, 1.82) is 0 Å². The molecule has 0 amide bonds. The van der Waals surface area contributed by atoms with Crippen LogP contribution in [0.4, 0.5) is 11.5 Å². The minimum atomic E-state index is -0.620. The van der Waals surface area contributed by atoms with Crippen LogP contribution in [0.2, 0.25) is 0 Å². The molecule has 0 spiro atoms. The third-order valence-corrected chi connectivity index (χ3v) is 2.38. The van der Waals surface area contributed by atoms with Crippen molar-refractivity contribution in [3.63, 3.8) is 0 Å². The number of aromatic nitrogens is 1. The van der Waals surface area contributed by atoms with Crippen molar-refractivity contribution >= 4 is 11.5 Å². The normalized spacial score (nSPS) is 10.0. The van der Waals surface area contributed by atoms with Gasteiger partial charge in [0, 0.05) is 18.8 Å². The van der Waals surface area contributed by atoms with Crippen molar-refractivity contribution in [3.05, 3.63) is 58.3 Å². The Morgan fingerprint density at radius 2 is 2.17 bits per heavy atom. The maximum absolute atomic E-state index is 10.5. The second-order valence-corrected chi connectivity index (χ2v) is 3.65. The van der Waals surface area contributed by atoms with E-state index in [9.17, 15) is 15.2 Å². The predicted octanol–water partition coefficient (Wildman–Crippen LogP) is 2.31. The fourth-order valence-corrected chi connectivity index (χ4v) is 1.49. The van der Waals surface area contributed by atoms with E-state index in [2.05, 4.69) is 10.3 Å². The zero-order valence-electron chi connectivity index (χ0n) is 9.41. The molecule has 0 fully saturated rings. The molecule has 6 heteroatoms. The molecule has 2 rings (SSSR count). The van der Waals surface area contributed by atoms with Crippen LogP contribution in [0.15, 0.2) is 42.6 Å². The highest BCUT2D eigenvalue weighted by molar-refractivity contribution is 5.48. The number of aromatic hydroxyl groups is 1. The van der Waals surface area contributed by atoms with Gasteiger partial charge in [-0.3, -0.25) is 10.1 Å². The Morgan fingerprint density at radius 1 is 1.33 bits per heavy atom. The number of phenols is 1. The number of rotatable bonds is 4. The summed E-state index contributed by atoms with van der Waals surface area (Å²) in [6, 6.07) is 9.71. The Hall–Kier alpha value is -2.63. The quantitative estimate of drug-likeness (QED) is 0.637. The fourth-order valence-electron chi connectivity index (χ4n) is 1.49. The van der Waals surface area contributed by atoms with E-state index in [-0.39, 0.29) is 11.4 Å².